The van der Waals surface area contributed by atoms with Gasteiger partial charge >= 0.3 is 11.9 Å². The summed E-state index contributed by atoms with van der Waals surface area (Å²) < 4.78 is 4.59. The zero-order chi connectivity index (χ0) is 12.1. The van der Waals surface area contributed by atoms with Crippen LogP contribution in [0.2, 0.25) is 0 Å². The molecule has 0 fully saturated rings. The van der Waals surface area contributed by atoms with Gasteiger partial charge in [-0.2, -0.15) is 5.10 Å². The Bertz CT molecular complexity index is 388. The number of carbonyl (C=O) groups excluding carboxylic acids is 2. The molecule has 0 aromatic carbocycles. The number of nitrogens with one attached hydrogen (secondary N) is 1. The van der Waals surface area contributed by atoms with Crippen molar-refractivity contribution in [2.45, 2.75) is 20.4 Å². The summed E-state index contributed by atoms with van der Waals surface area (Å²) in [6.45, 7) is 3.74. The fourth-order valence-corrected chi connectivity index (χ4v) is 1.09. The van der Waals surface area contributed by atoms with E-state index in [1.807, 2.05) is 0 Å². The van der Waals surface area contributed by atoms with Crippen LogP contribution in [0.1, 0.15) is 18.6 Å². The molecule has 16 heavy (non-hydrogen) atoms. The predicted octanol–water partition coefficient (Wildman–Crippen LogP) is -0.365. The summed E-state index contributed by atoms with van der Waals surface area (Å²) >= 11 is 0. The lowest BCUT2D eigenvalue weighted by Crippen LogP contribution is -2.34. The third-order valence-electron chi connectivity index (χ3n) is 1.82. The number of hydrogen-bond donors (Lipinski definition) is 1. The fraction of sp³-hybridized carbons (Fsp3) is 0.556. The Morgan fingerprint density at radius 1 is 1.50 bits per heavy atom. The number of aromatic nitrogens is 3. The number of aromatic amines is 1. The van der Waals surface area contributed by atoms with E-state index < -0.39 is 11.9 Å². The largest absolute Gasteiger partial charge is 0.459 e. The topological polar surface area (TPSA) is 88.2 Å². The average molecular weight is 226 g/mol. The molecule has 0 atom stereocenters. The van der Waals surface area contributed by atoms with Gasteiger partial charge in [0, 0.05) is 7.05 Å². The van der Waals surface area contributed by atoms with Crippen molar-refractivity contribution >= 4 is 11.9 Å². The molecule has 0 radical (unpaired) electrons. The maximum absolute atomic E-state index is 11.4. The maximum Gasteiger partial charge on any atom is 0.397 e. The van der Waals surface area contributed by atoms with Crippen molar-refractivity contribution in [2.75, 3.05) is 13.7 Å². The van der Waals surface area contributed by atoms with Crippen LogP contribution in [0, 0.1) is 6.92 Å². The number of carbonyl (C=O) groups is 2. The van der Waals surface area contributed by atoms with Gasteiger partial charge in [-0.1, -0.05) is 0 Å². The molecule has 0 unspecified atom stereocenters. The Hall–Kier alpha value is -1.92. The second-order valence-electron chi connectivity index (χ2n) is 3.22. The molecule has 1 heterocycles. The number of nitrogens with zero attached hydrogens (tertiary/aromatic N) is 3. The molecule has 0 spiro atoms. The van der Waals surface area contributed by atoms with E-state index in [0.717, 1.165) is 0 Å². The van der Waals surface area contributed by atoms with Crippen molar-refractivity contribution in [3.63, 3.8) is 0 Å². The molecule has 0 bridgehead atoms. The van der Waals surface area contributed by atoms with Crippen LogP contribution in [-0.2, 0) is 20.9 Å². The molecule has 1 N–H and O–H groups in total. The highest BCUT2D eigenvalue weighted by atomic mass is 16.5. The van der Waals surface area contributed by atoms with E-state index in [-0.39, 0.29) is 13.2 Å². The van der Waals surface area contributed by atoms with Crippen molar-refractivity contribution in [3.8, 4) is 0 Å². The predicted molar refractivity (Wildman–Crippen MR) is 54.2 cm³/mol. The lowest BCUT2D eigenvalue weighted by Gasteiger charge is -2.13. The third-order valence-corrected chi connectivity index (χ3v) is 1.82. The van der Waals surface area contributed by atoms with E-state index >= 15 is 0 Å². The number of likely N-dealkylation sites (N-methyl/N-ethyl adjacent to an activating group) is 1. The molecule has 1 aromatic heterocycles. The smallest absolute Gasteiger partial charge is 0.397 e. The lowest BCUT2D eigenvalue weighted by atomic mass is 10.4. The van der Waals surface area contributed by atoms with Crippen LogP contribution < -0.4 is 0 Å². The van der Waals surface area contributed by atoms with Gasteiger partial charge in [0.25, 0.3) is 0 Å². The van der Waals surface area contributed by atoms with E-state index in [4.69, 9.17) is 0 Å². The van der Waals surface area contributed by atoms with Gasteiger partial charge in [-0.15, -0.1) is 0 Å². The third kappa shape index (κ3) is 3.04. The van der Waals surface area contributed by atoms with Crippen LogP contribution in [-0.4, -0.2) is 45.6 Å². The number of H-pyrrole nitrogens is 1. The van der Waals surface area contributed by atoms with Crippen molar-refractivity contribution in [2.24, 2.45) is 0 Å². The lowest BCUT2D eigenvalue weighted by molar-refractivity contribution is -0.159. The standard InChI is InChI=1S/C9H14N4O3/c1-4-16-9(15)8(14)13(3)5-7-10-6(2)11-12-7/h4-5H2,1-3H3,(H,10,11,12). The normalized spacial score (nSPS) is 9.94. The van der Waals surface area contributed by atoms with Crippen molar-refractivity contribution in [3.05, 3.63) is 11.6 Å². The molecular weight excluding hydrogens is 212 g/mol. The summed E-state index contributed by atoms with van der Waals surface area (Å²) in [7, 11) is 1.49. The molecule has 7 heteroatoms. The van der Waals surface area contributed by atoms with Crippen LogP contribution in [0.25, 0.3) is 0 Å². The van der Waals surface area contributed by atoms with E-state index in [9.17, 15) is 9.59 Å². The second kappa shape index (κ2) is 5.24. The summed E-state index contributed by atoms with van der Waals surface area (Å²) in [6, 6.07) is 0. The Kier molecular flexibility index (Phi) is 3.98. The molecule has 1 amide bonds. The summed E-state index contributed by atoms with van der Waals surface area (Å²) in [5.41, 5.74) is 0. The maximum atomic E-state index is 11.4. The molecule has 88 valence electrons. The molecule has 0 aliphatic rings. The van der Waals surface area contributed by atoms with Crippen LogP contribution in [0.5, 0.6) is 0 Å². The molecular formula is C9H14N4O3. The minimum absolute atomic E-state index is 0.169. The number of amides is 1. The minimum atomic E-state index is -0.864. The highest BCUT2D eigenvalue weighted by Gasteiger charge is 2.20. The number of rotatable bonds is 3. The van der Waals surface area contributed by atoms with E-state index in [0.29, 0.717) is 11.6 Å². The molecule has 1 rings (SSSR count). The van der Waals surface area contributed by atoms with Crippen molar-refractivity contribution < 1.29 is 14.3 Å². The van der Waals surface area contributed by atoms with Gasteiger partial charge < -0.3 is 9.64 Å². The Balaban J connectivity index is 2.55. The Labute approximate surface area is 92.8 Å². The van der Waals surface area contributed by atoms with Crippen LogP contribution in [0.3, 0.4) is 0 Å². The van der Waals surface area contributed by atoms with Gasteiger partial charge in [-0.25, -0.2) is 9.78 Å². The monoisotopic (exact) mass is 226 g/mol. The van der Waals surface area contributed by atoms with Gasteiger partial charge in [-0.3, -0.25) is 9.89 Å². The first-order valence-corrected chi connectivity index (χ1v) is 4.84. The summed E-state index contributed by atoms with van der Waals surface area (Å²) in [5, 5.41) is 6.51. The first kappa shape index (κ1) is 12.2. The SMILES string of the molecule is CCOC(=O)C(=O)N(C)Cc1n[nH]c(C)n1. The molecule has 0 aliphatic heterocycles. The van der Waals surface area contributed by atoms with Crippen molar-refractivity contribution in [1.82, 2.24) is 20.1 Å². The van der Waals surface area contributed by atoms with E-state index in [1.54, 1.807) is 13.8 Å². The summed E-state index contributed by atoms with van der Waals surface area (Å²) in [6.07, 6.45) is 0. The van der Waals surface area contributed by atoms with Gasteiger partial charge in [0.05, 0.1) is 13.2 Å². The highest BCUT2D eigenvalue weighted by Crippen LogP contribution is 1.98. The molecule has 0 saturated carbocycles. The minimum Gasteiger partial charge on any atom is -0.459 e. The van der Waals surface area contributed by atoms with E-state index in [1.165, 1.54) is 11.9 Å². The Morgan fingerprint density at radius 3 is 2.69 bits per heavy atom. The molecule has 0 saturated heterocycles. The number of aryl methyl sites for hydroxylation is 1. The summed E-state index contributed by atoms with van der Waals surface area (Å²) in [5.74, 6) is -0.453. The zero-order valence-corrected chi connectivity index (χ0v) is 9.48. The summed E-state index contributed by atoms with van der Waals surface area (Å²) in [4.78, 5) is 27.8. The number of hydrogen-bond acceptors (Lipinski definition) is 5. The zero-order valence-electron chi connectivity index (χ0n) is 9.48. The highest BCUT2D eigenvalue weighted by molar-refractivity contribution is 6.32. The van der Waals surface area contributed by atoms with Crippen LogP contribution in [0.4, 0.5) is 0 Å². The number of esters is 1. The van der Waals surface area contributed by atoms with Gasteiger partial charge in [0.15, 0.2) is 5.82 Å². The van der Waals surface area contributed by atoms with Gasteiger partial charge in [0.1, 0.15) is 5.82 Å². The first-order chi connectivity index (χ1) is 7.54. The molecule has 1 aromatic rings. The fourth-order valence-electron chi connectivity index (χ4n) is 1.09. The van der Waals surface area contributed by atoms with Crippen LogP contribution in [0.15, 0.2) is 0 Å². The quantitative estimate of drug-likeness (QED) is 0.561. The van der Waals surface area contributed by atoms with Crippen molar-refractivity contribution in [1.29, 1.82) is 0 Å². The van der Waals surface area contributed by atoms with Gasteiger partial charge in [-0.05, 0) is 13.8 Å². The van der Waals surface area contributed by atoms with Gasteiger partial charge in [0.2, 0.25) is 0 Å². The molecule has 0 aliphatic carbocycles. The first-order valence-electron chi connectivity index (χ1n) is 4.84. The Morgan fingerprint density at radius 2 is 2.19 bits per heavy atom. The van der Waals surface area contributed by atoms with E-state index in [2.05, 4.69) is 19.9 Å². The molecule has 7 nitrogen and oxygen atoms in total. The average Bonchev–Trinajstić information content (AvgIpc) is 2.63. The second-order valence-corrected chi connectivity index (χ2v) is 3.22. The number of ether oxygens (including phenoxy) is 1. The van der Waals surface area contributed by atoms with Crippen LogP contribution >= 0.6 is 0 Å².